The van der Waals surface area contributed by atoms with Crippen LogP contribution in [0.15, 0.2) is 42.6 Å². The summed E-state index contributed by atoms with van der Waals surface area (Å²) in [6.45, 7) is 9.00. The van der Waals surface area contributed by atoms with Gasteiger partial charge in [-0.1, -0.05) is 56.0 Å². The first-order valence-corrected chi connectivity index (χ1v) is 14.1. The van der Waals surface area contributed by atoms with Gasteiger partial charge in [-0.3, -0.25) is 9.59 Å². The number of aromatic nitrogens is 1. The number of hydrogen-bond acceptors (Lipinski definition) is 2. The molecule has 0 aliphatic heterocycles. The summed E-state index contributed by atoms with van der Waals surface area (Å²) in [5.41, 5.74) is 1.39. The molecule has 0 saturated heterocycles. The number of halogens is 2. The lowest BCUT2D eigenvalue weighted by Gasteiger charge is -2.39. The van der Waals surface area contributed by atoms with Crippen molar-refractivity contribution in [2.45, 2.75) is 91.4 Å². The van der Waals surface area contributed by atoms with Crippen molar-refractivity contribution in [3.8, 4) is 0 Å². The van der Waals surface area contributed by atoms with Gasteiger partial charge >= 0.3 is 0 Å². The van der Waals surface area contributed by atoms with E-state index in [-0.39, 0.29) is 36.3 Å². The topological polar surface area (TPSA) is 45.6 Å². The molecule has 3 rings (SSSR count). The number of rotatable bonds is 11. The van der Waals surface area contributed by atoms with E-state index in [0.29, 0.717) is 13.1 Å². The minimum atomic E-state index is -0.718. The Balaban J connectivity index is 1.85. The molecule has 1 atom stereocenters. The maximum atomic E-state index is 13.9. The lowest BCUT2D eigenvalue weighted by atomic mass is 9.92. The number of hydrogen-bond donors (Lipinski definition) is 0. The lowest BCUT2D eigenvalue weighted by Crippen LogP contribution is -2.52. The molecule has 1 aromatic carbocycles. The van der Waals surface area contributed by atoms with Gasteiger partial charge in [0.25, 0.3) is 0 Å². The number of carbonyl (C=O) groups excluding carboxylic acids is 2. The second-order valence-corrected chi connectivity index (χ2v) is 11.4. The van der Waals surface area contributed by atoms with E-state index in [1.54, 1.807) is 4.90 Å². The van der Waals surface area contributed by atoms with Crippen molar-refractivity contribution in [3.63, 3.8) is 0 Å². The van der Waals surface area contributed by atoms with E-state index in [0.717, 1.165) is 48.4 Å². The fraction of sp³-hybridized carbons (Fsp3) is 0.586. The number of alkyl halides is 1. The maximum absolute atomic E-state index is 13.9. The van der Waals surface area contributed by atoms with Crippen LogP contribution in [0, 0.1) is 5.41 Å². The highest BCUT2D eigenvalue weighted by Gasteiger charge is 2.36. The summed E-state index contributed by atoms with van der Waals surface area (Å²) in [5.74, 6) is 0.159. The third-order valence-corrected chi connectivity index (χ3v) is 8.53. The minimum Gasteiger partial charge on any atom is -0.345 e. The van der Waals surface area contributed by atoms with E-state index in [2.05, 4.69) is 10.6 Å². The molecule has 0 radical (unpaired) electrons. The summed E-state index contributed by atoms with van der Waals surface area (Å²) in [6, 6.07) is 12.1. The third kappa shape index (κ3) is 7.07. The Bertz CT molecular complexity index is 1010. The number of benzene rings is 1. The molecule has 2 amide bonds. The molecule has 0 spiro atoms. The van der Waals surface area contributed by atoms with Crippen molar-refractivity contribution in [2.75, 3.05) is 12.4 Å². The van der Waals surface area contributed by atoms with E-state index in [1.165, 1.54) is 6.42 Å². The van der Waals surface area contributed by atoms with Gasteiger partial charge in [0.1, 0.15) is 6.54 Å². The van der Waals surface area contributed by atoms with Crippen LogP contribution in [0.5, 0.6) is 0 Å². The van der Waals surface area contributed by atoms with E-state index >= 15 is 0 Å². The fourth-order valence-electron chi connectivity index (χ4n) is 4.88. The molecule has 1 unspecified atom stereocenters. The molecule has 1 aromatic heterocycles. The van der Waals surface area contributed by atoms with E-state index in [1.807, 2.05) is 69.1 Å². The SMILES string of the molecule is CCC(C)N(CC(=O)N(Cc1cccn1Cc1ccccc1Cl)C1CCCCC1)C(=O)C(C)(C)CCl. The van der Waals surface area contributed by atoms with Crippen LogP contribution < -0.4 is 0 Å². The van der Waals surface area contributed by atoms with Crippen molar-refractivity contribution in [1.82, 2.24) is 14.4 Å². The van der Waals surface area contributed by atoms with Gasteiger partial charge in [-0.15, -0.1) is 11.6 Å². The van der Waals surface area contributed by atoms with Gasteiger partial charge in [0.05, 0.1) is 12.0 Å². The second-order valence-electron chi connectivity index (χ2n) is 10.7. The van der Waals surface area contributed by atoms with Crippen LogP contribution >= 0.6 is 23.2 Å². The van der Waals surface area contributed by atoms with Gasteiger partial charge in [0.2, 0.25) is 11.8 Å². The van der Waals surface area contributed by atoms with Crippen molar-refractivity contribution in [1.29, 1.82) is 0 Å². The molecule has 1 heterocycles. The predicted octanol–water partition coefficient (Wildman–Crippen LogP) is 6.74. The molecule has 1 fully saturated rings. The molecule has 1 saturated carbocycles. The predicted molar refractivity (Wildman–Crippen MR) is 148 cm³/mol. The molecule has 2 aromatic rings. The summed E-state index contributed by atoms with van der Waals surface area (Å²) >= 11 is 12.6. The minimum absolute atomic E-state index is 0.00594. The molecule has 0 N–H and O–H groups in total. The van der Waals surface area contributed by atoms with Gasteiger partial charge in [0, 0.05) is 41.4 Å². The molecular weight excluding hydrogens is 493 g/mol. The molecular formula is C29H41Cl2N3O2. The fourth-order valence-corrected chi connectivity index (χ4v) is 5.19. The molecule has 1 aliphatic rings. The quantitative estimate of drug-likeness (QED) is 0.300. The van der Waals surface area contributed by atoms with Crippen LogP contribution in [0.25, 0.3) is 0 Å². The average Bonchev–Trinajstić information content (AvgIpc) is 3.33. The smallest absolute Gasteiger partial charge is 0.242 e. The highest BCUT2D eigenvalue weighted by molar-refractivity contribution is 6.31. The van der Waals surface area contributed by atoms with Crippen LogP contribution in [0.1, 0.15) is 77.5 Å². The highest BCUT2D eigenvalue weighted by atomic mass is 35.5. The van der Waals surface area contributed by atoms with Gasteiger partial charge < -0.3 is 14.4 Å². The largest absolute Gasteiger partial charge is 0.345 e. The first-order valence-electron chi connectivity index (χ1n) is 13.2. The monoisotopic (exact) mass is 533 g/mol. The Hall–Kier alpha value is -1.98. The van der Waals surface area contributed by atoms with Crippen LogP contribution in [-0.2, 0) is 22.7 Å². The summed E-state index contributed by atoms with van der Waals surface area (Å²) in [4.78, 5) is 31.1. The molecule has 0 bridgehead atoms. The zero-order chi connectivity index (χ0) is 26.3. The van der Waals surface area contributed by atoms with Gasteiger partial charge in [-0.2, -0.15) is 0 Å². The van der Waals surface area contributed by atoms with Crippen molar-refractivity contribution in [2.24, 2.45) is 5.41 Å². The van der Waals surface area contributed by atoms with Crippen LogP contribution in [0.3, 0.4) is 0 Å². The Morgan fingerprint density at radius 1 is 1.11 bits per heavy atom. The van der Waals surface area contributed by atoms with E-state index in [9.17, 15) is 9.59 Å². The van der Waals surface area contributed by atoms with Gasteiger partial charge in [-0.25, -0.2) is 0 Å². The van der Waals surface area contributed by atoms with E-state index in [4.69, 9.17) is 23.2 Å². The lowest BCUT2D eigenvalue weighted by molar-refractivity contribution is -0.149. The number of amides is 2. The third-order valence-electron chi connectivity index (χ3n) is 7.49. The van der Waals surface area contributed by atoms with Crippen molar-refractivity contribution in [3.05, 3.63) is 58.9 Å². The standard InChI is InChI=1S/C29H41Cl2N3O2/c1-5-22(2)33(28(36)29(3,4)21-30)20-27(35)34(24-13-7-6-8-14-24)19-25-15-11-17-32(25)18-23-12-9-10-16-26(23)31/h9-12,15-17,22,24H,5-8,13-14,18-21H2,1-4H3. The second kappa shape index (κ2) is 13.0. The zero-order valence-corrected chi connectivity index (χ0v) is 23.7. The molecule has 7 heteroatoms. The van der Waals surface area contributed by atoms with Crippen LogP contribution in [-0.4, -0.2) is 50.7 Å². The summed E-state index contributed by atoms with van der Waals surface area (Å²) in [7, 11) is 0. The summed E-state index contributed by atoms with van der Waals surface area (Å²) < 4.78 is 2.17. The van der Waals surface area contributed by atoms with Gasteiger partial charge in [0.15, 0.2) is 0 Å². The van der Waals surface area contributed by atoms with Crippen molar-refractivity contribution >= 4 is 35.0 Å². The van der Waals surface area contributed by atoms with Crippen molar-refractivity contribution < 1.29 is 9.59 Å². The Morgan fingerprint density at radius 3 is 2.44 bits per heavy atom. The highest BCUT2D eigenvalue weighted by Crippen LogP contribution is 2.27. The molecule has 1 aliphatic carbocycles. The maximum Gasteiger partial charge on any atom is 0.242 e. The number of nitrogens with zero attached hydrogens (tertiary/aromatic N) is 3. The van der Waals surface area contributed by atoms with Gasteiger partial charge in [-0.05, 0) is 63.8 Å². The average molecular weight is 535 g/mol. The summed E-state index contributed by atoms with van der Waals surface area (Å²) in [5, 5.41) is 0.738. The number of carbonyl (C=O) groups is 2. The molecule has 36 heavy (non-hydrogen) atoms. The Labute approximate surface area is 226 Å². The molecule has 5 nitrogen and oxygen atoms in total. The van der Waals surface area contributed by atoms with Crippen LogP contribution in [0.4, 0.5) is 0 Å². The molecule has 198 valence electrons. The Morgan fingerprint density at radius 2 is 1.81 bits per heavy atom. The normalized spacial score (nSPS) is 15.5. The zero-order valence-electron chi connectivity index (χ0n) is 22.2. The first-order chi connectivity index (χ1) is 17.2. The van der Waals surface area contributed by atoms with E-state index < -0.39 is 5.41 Å². The Kier molecular flexibility index (Phi) is 10.3. The first kappa shape index (κ1) is 28.6. The van der Waals surface area contributed by atoms with Crippen LogP contribution in [0.2, 0.25) is 5.02 Å². The summed E-state index contributed by atoms with van der Waals surface area (Å²) in [6.07, 6.45) is 8.29.